The van der Waals surface area contributed by atoms with Gasteiger partial charge < -0.3 is 74.8 Å². The quantitative estimate of drug-likeness (QED) is 0.138. The van der Waals surface area contributed by atoms with Crippen LogP contribution in [0.1, 0.15) is 36.8 Å². The molecule has 4 bridgehead atoms. The van der Waals surface area contributed by atoms with E-state index in [0.29, 0.717) is 41.6 Å². The number of carbonyl (C=O) groups excluding carboxylic acids is 4. The van der Waals surface area contributed by atoms with E-state index in [4.69, 9.17) is 62.5 Å². The lowest BCUT2D eigenvalue weighted by Gasteiger charge is -2.26. The molecule has 4 atom stereocenters. The highest BCUT2D eigenvalue weighted by molar-refractivity contribution is 5.95. The first-order chi connectivity index (χ1) is 32.8. The van der Waals surface area contributed by atoms with E-state index in [9.17, 15) is 82.1 Å². The molecule has 0 fully saturated rings. The number of fused-ring (bicyclic) bond motifs is 5. The number of carbonyl (C=O) groups is 8. The van der Waals surface area contributed by atoms with E-state index in [1.165, 1.54) is 12.1 Å². The lowest BCUT2D eigenvalue weighted by Crippen LogP contribution is -2.58. The van der Waals surface area contributed by atoms with Crippen LogP contribution in [-0.2, 0) is 51.2 Å². The molecule has 0 unspecified atom stereocenters. The SMILES string of the molecule is NCCC[C@H](NC(=O)[C@@H]1Cc2cc(ccc2O)-c2ccc(O)c(c2)C[C@H](N)C(=O)N[C@@H](CCCN)C(=O)N1)C(=O)NCCN.O=C(O)C(F)(F)F.O=C(O)C(F)(F)F.O=C(O)C(F)(F)F.O=C(O)C(F)(F)F. The lowest BCUT2D eigenvalue weighted by atomic mass is 9.95. The fraction of sp³-hybridized carbons (Fsp3) is 0.474. The number of halogens is 12. The van der Waals surface area contributed by atoms with Crippen LogP contribution in [0.5, 0.6) is 11.5 Å². The molecule has 0 aromatic heterocycles. The minimum atomic E-state index is -5.08. The van der Waals surface area contributed by atoms with Crippen molar-refractivity contribution >= 4 is 47.5 Å². The number of phenolic OH excluding ortho intramolecular Hbond substituents is 2. The zero-order valence-corrected chi connectivity index (χ0v) is 36.6. The van der Waals surface area contributed by atoms with Crippen molar-refractivity contribution in [3.05, 3.63) is 47.5 Å². The zero-order chi connectivity index (χ0) is 56.5. The molecule has 408 valence electrons. The molecule has 22 nitrogen and oxygen atoms in total. The Hall–Kier alpha value is -7.20. The maximum atomic E-state index is 13.7. The maximum absolute atomic E-state index is 13.7. The Morgan fingerprint density at radius 1 is 0.611 bits per heavy atom. The highest BCUT2D eigenvalue weighted by Crippen LogP contribution is 2.31. The van der Waals surface area contributed by atoms with Gasteiger partial charge in [-0.15, -0.1) is 0 Å². The number of amides is 4. The summed E-state index contributed by atoms with van der Waals surface area (Å²) in [6.45, 7) is 0.955. The molecule has 72 heavy (non-hydrogen) atoms. The Bertz CT molecular complexity index is 2050. The molecule has 0 aliphatic carbocycles. The third-order valence-electron chi connectivity index (χ3n) is 8.40. The van der Waals surface area contributed by atoms with Crippen LogP contribution in [-0.4, -0.2) is 153 Å². The fourth-order valence-electron chi connectivity index (χ4n) is 4.94. The van der Waals surface area contributed by atoms with Crippen LogP contribution >= 0.6 is 0 Å². The second kappa shape index (κ2) is 30.5. The van der Waals surface area contributed by atoms with Crippen LogP contribution in [0, 0.1) is 0 Å². The van der Waals surface area contributed by atoms with Crippen molar-refractivity contribution in [3.63, 3.8) is 0 Å². The standard InChI is InChI=1S/C30H44N8O6.4C2HF3O2/c31-9-1-3-22(28(42)35-12-11-33)37-30(44)24-16-20-14-18(6-8-26(20)40)17-5-7-25(39)19(13-17)15-21(34)27(41)36-23(4-2-10-32)29(43)38-24;4*3-2(4,5)1(6)7/h5-8,13-14,21-24,39-40H,1-4,9-12,15-16,31-34H2,(H,35,42)(H,36,41)(H,37,44)(H,38,43);4*(H,6,7)/t21-,22-,23-,24-;;;;/m0..../s1. The maximum Gasteiger partial charge on any atom is 0.490 e. The average Bonchev–Trinajstić information content (AvgIpc) is 3.25. The van der Waals surface area contributed by atoms with Gasteiger partial charge in [0.15, 0.2) is 0 Å². The predicted octanol–water partition coefficient (Wildman–Crippen LogP) is 0.731. The number of hydrogen-bond acceptors (Lipinski definition) is 14. The number of alkyl halides is 12. The molecule has 2 aromatic carbocycles. The van der Waals surface area contributed by atoms with Crippen molar-refractivity contribution in [1.29, 1.82) is 0 Å². The molecule has 34 heteroatoms. The van der Waals surface area contributed by atoms with Crippen LogP contribution in [0.15, 0.2) is 36.4 Å². The van der Waals surface area contributed by atoms with Gasteiger partial charge in [-0.1, -0.05) is 12.1 Å². The first-order valence-corrected chi connectivity index (χ1v) is 19.7. The van der Waals surface area contributed by atoms with Gasteiger partial charge in [0.1, 0.15) is 29.6 Å². The van der Waals surface area contributed by atoms with E-state index < -0.39 is 96.4 Å². The molecular weight excluding hydrogens is 1020 g/mol. The smallest absolute Gasteiger partial charge is 0.490 e. The topological polar surface area (TPSA) is 410 Å². The molecule has 0 saturated heterocycles. The molecule has 1 aliphatic heterocycles. The van der Waals surface area contributed by atoms with E-state index >= 15 is 0 Å². The van der Waals surface area contributed by atoms with E-state index in [-0.39, 0.29) is 56.8 Å². The van der Waals surface area contributed by atoms with Crippen molar-refractivity contribution in [1.82, 2.24) is 21.3 Å². The zero-order valence-electron chi connectivity index (χ0n) is 36.6. The summed E-state index contributed by atoms with van der Waals surface area (Å²) in [4.78, 5) is 88.8. The van der Waals surface area contributed by atoms with Crippen molar-refractivity contribution in [3.8, 4) is 22.6 Å². The normalized spacial score (nSPS) is 16.3. The third-order valence-corrected chi connectivity index (χ3v) is 8.40. The van der Waals surface area contributed by atoms with Crippen LogP contribution < -0.4 is 44.2 Å². The van der Waals surface area contributed by atoms with Gasteiger partial charge in [-0.05, 0) is 85.3 Å². The van der Waals surface area contributed by atoms with Crippen LogP contribution in [0.2, 0.25) is 0 Å². The van der Waals surface area contributed by atoms with Crippen molar-refractivity contribution in [2.45, 2.75) is 87.4 Å². The molecular formula is C38H48F12N8O14. The Balaban J connectivity index is 0. The molecule has 4 amide bonds. The van der Waals surface area contributed by atoms with Gasteiger partial charge in [-0.25, -0.2) is 19.2 Å². The highest BCUT2D eigenvalue weighted by atomic mass is 19.4. The summed E-state index contributed by atoms with van der Waals surface area (Å²) < 4.78 is 127. The molecule has 1 aliphatic rings. The van der Waals surface area contributed by atoms with Gasteiger partial charge in [0.25, 0.3) is 0 Å². The van der Waals surface area contributed by atoms with Crippen molar-refractivity contribution < 1.29 is 122 Å². The fourth-order valence-corrected chi connectivity index (χ4v) is 4.94. The number of nitrogens with one attached hydrogen (secondary N) is 4. The predicted molar refractivity (Wildman–Crippen MR) is 220 cm³/mol. The van der Waals surface area contributed by atoms with Gasteiger partial charge in [-0.3, -0.25) is 19.2 Å². The summed E-state index contributed by atoms with van der Waals surface area (Å²) in [5.41, 5.74) is 25.1. The number of benzene rings is 2. The molecule has 2 aromatic rings. The Morgan fingerprint density at radius 3 is 1.36 bits per heavy atom. The van der Waals surface area contributed by atoms with Gasteiger partial charge in [-0.2, -0.15) is 52.7 Å². The summed E-state index contributed by atoms with van der Waals surface area (Å²) in [7, 11) is 0. The van der Waals surface area contributed by atoms with Gasteiger partial charge in [0.2, 0.25) is 23.6 Å². The van der Waals surface area contributed by atoms with Crippen LogP contribution in [0.25, 0.3) is 11.1 Å². The minimum Gasteiger partial charge on any atom is -0.508 e. The average molecular weight is 1070 g/mol. The highest BCUT2D eigenvalue weighted by Gasteiger charge is 2.40. The summed E-state index contributed by atoms with van der Waals surface area (Å²) in [6.07, 6.45) is -19.2. The number of aliphatic carboxylic acids is 4. The van der Waals surface area contributed by atoms with Gasteiger partial charge in [0, 0.05) is 25.9 Å². The van der Waals surface area contributed by atoms with E-state index in [1.54, 1.807) is 24.3 Å². The lowest BCUT2D eigenvalue weighted by molar-refractivity contribution is -0.193. The van der Waals surface area contributed by atoms with Crippen molar-refractivity contribution in [2.24, 2.45) is 22.9 Å². The first kappa shape index (κ1) is 66.9. The molecule has 3 rings (SSSR count). The second-order valence-corrected chi connectivity index (χ2v) is 14.0. The molecule has 0 radical (unpaired) electrons. The number of rotatable bonds is 11. The van der Waals surface area contributed by atoms with Gasteiger partial charge in [0.05, 0.1) is 6.04 Å². The number of nitrogens with two attached hydrogens (primary N) is 4. The summed E-state index contributed by atoms with van der Waals surface area (Å²) in [5.74, 6) is -13.6. The Labute approximate surface area is 397 Å². The number of hydrogen-bond donors (Lipinski definition) is 14. The van der Waals surface area contributed by atoms with E-state index in [0.717, 1.165) is 0 Å². The summed E-state index contributed by atoms with van der Waals surface area (Å²) in [6, 6.07) is 5.28. The largest absolute Gasteiger partial charge is 0.508 e. The summed E-state index contributed by atoms with van der Waals surface area (Å²) >= 11 is 0. The monoisotopic (exact) mass is 1070 g/mol. The number of carboxylic acids is 4. The third kappa shape index (κ3) is 26.7. The number of carboxylic acid groups (broad SMARTS) is 4. The molecule has 1 heterocycles. The Morgan fingerprint density at radius 2 is 1.00 bits per heavy atom. The van der Waals surface area contributed by atoms with Gasteiger partial charge >= 0.3 is 48.6 Å². The van der Waals surface area contributed by atoms with Crippen LogP contribution in [0.3, 0.4) is 0 Å². The molecule has 0 spiro atoms. The summed E-state index contributed by atoms with van der Waals surface area (Å²) in [5, 5.41) is 60.5. The minimum absolute atomic E-state index is 0.0108. The second-order valence-electron chi connectivity index (χ2n) is 14.0. The number of phenols is 2. The van der Waals surface area contributed by atoms with Crippen molar-refractivity contribution in [2.75, 3.05) is 26.2 Å². The molecule has 0 saturated carbocycles. The van der Waals surface area contributed by atoms with E-state index in [2.05, 4.69) is 21.3 Å². The Kier molecular flexibility index (Phi) is 28.3. The number of aromatic hydroxyl groups is 2. The van der Waals surface area contributed by atoms with Crippen LogP contribution in [0.4, 0.5) is 52.7 Å². The first-order valence-electron chi connectivity index (χ1n) is 19.7. The van der Waals surface area contributed by atoms with E-state index in [1.807, 2.05) is 0 Å². The molecule has 18 N–H and O–H groups in total.